The first-order chi connectivity index (χ1) is 12.3. The predicted molar refractivity (Wildman–Crippen MR) is 106 cm³/mol. The van der Waals surface area contributed by atoms with Crippen molar-refractivity contribution in [2.24, 2.45) is 0 Å². The van der Waals surface area contributed by atoms with E-state index in [0.29, 0.717) is 0 Å². The number of hydrogen-bond donors (Lipinski definition) is 1. The minimum Gasteiger partial charge on any atom is -0.388 e. The van der Waals surface area contributed by atoms with Gasteiger partial charge in [0.1, 0.15) is 0 Å². The second kappa shape index (κ2) is 7.08. The molecule has 0 amide bonds. The zero-order chi connectivity index (χ0) is 17.1. The highest BCUT2D eigenvalue weighted by Gasteiger charge is 2.11. The van der Waals surface area contributed by atoms with Crippen LogP contribution in [0.3, 0.4) is 0 Å². The van der Waals surface area contributed by atoms with E-state index < -0.39 is 6.10 Å². The minimum atomic E-state index is -0.416. The molecule has 4 aromatic rings. The topological polar surface area (TPSA) is 20.2 Å². The molecule has 0 radical (unpaired) electrons. The number of benzene rings is 4. The maximum Gasteiger partial charge on any atom is 0.0796 e. The molecule has 0 saturated carbocycles. The van der Waals surface area contributed by atoms with Crippen LogP contribution in [-0.4, -0.2) is 5.11 Å². The summed E-state index contributed by atoms with van der Waals surface area (Å²) in [6.45, 7) is 0. The number of aliphatic hydroxyl groups excluding tert-OH is 1. The van der Waals surface area contributed by atoms with E-state index in [9.17, 15) is 5.11 Å². The SMILES string of the molecule is OC(CCCc1cccc2ccccc12)c1cccc2ccccc12. The molecule has 0 aliphatic rings. The maximum absolute atomic E-state index is 10.7. The van der Waals surface area contributed by atoms with Gasteiger partial charge in [-0.3, -0.25) is 0 Å². The maximum atomic E-state index is 10.7. The number of aryl methyl sites for hydroxylation is 1. The van der Waals surface area contributed by atoms with Crippen LogP contribution in [0.4, 0.5) is 0 Å². The third-order valence-corrected chi connectivity index (χ3v) is 4.99. The van der Waals surface area contributed by atoms with Gasteiger partial charge in [-0.25, -0.2) is 0 Å². The Morgan fingerprint density at radius 3 is 2.04 bits per heavy atom. The van der Waals surface area contributed by atoms with Crippen LogP contribution in [-0.2, 0) is 6.42 Å². The largest absolute Gasteiger partial charge is 0.388 e. The molecule has 0 aromatic heterocycles. The van der Waals surface area contributed by atoms with Crippen molar-refractivity contribution in [2.45, 2.75) is 25.4 Å². The van der Waals surface area contributed by atoms with Gasteiger partial charge in [0.15, 0.2) is 0 Å². The Balaban J connectivity index is 1.49. The van der Waals surface area contributed by atoms with E-state index >= 15 is 0 Å². The summed E-state index contributed by atoms with van der Waals surface area (Å²) < 4.78 is 0. The number of aliphatic hydroxyl groups is 1. The molecule has 4 rings (SSSR count). The lowest BCUT2D eigenvalue weighted by Crippen LogP contribution is -2.00. The molecule has 0 aliphatic heterocycles. The van der Waals surface area contributed by atoms with Crippen LogP contribution in [0, 0.1) is 0 Å². The Bertz CT molecular complexity index is 992. The van der Waals surface area contributed by atoms with Gasteiger partial charge < -0.3 is 5.11 Å². The van der Waals surface area contributed by atoms with Crippen LogP contribution in [0.25, 0.3) is 21.5 Å². The van der Waals surface area contributed by atoms with E-state index in [1.807, 2.05) is 24.3 Å². The van der Waals surface area contributed by atoms with Crippen molar-refractivity contribution >= 4 is 21.5 Å². The van der Waals surface area contributed by atoms with E-state index in [4.69, 9.17) is 0 Å². The van der Waals surface area contributed by atoms with Gasteiger partial charge in [0.05, 0.1) is 6.10 Å². The fourth-order valence-electron chi connectivity index (χ4n) is 3.69. The van der Waals surface area contributed by atoms with Crippen LogP contribution in [0.1, 0.15) is 30.1 Å². The van der Waals surface area contributed by atoms with Crippen LogP contribution in [0.2, 0.25) is 0 Å². The van der Waals surface area contributed by atoms with Crippen LogP contribution >= 0.6 is 0 Å². The standard InChI is InChI=1S/C24H22O/c25-24(23-16-6-12-20-9-2-4-15-22(20)23)17-7-13-19-11-5-10-18-8-1-3-14-21(18)19/h1-6,8-12,14-16,24-25H,7,13,17H2. The lowest BCUT2D eigenvalue weighted by Gasteiger charge is -2.14. The first-order valence-corrected chi connectivity index (χ1v) is 8.95. The van der Waals surface area contributed by atoms with Crippen molar-refractivity contribution in [3.63, 3.8) is 0 Å². The highest BCUT2D eigenvalue weighted by atomic mass is 16.3. The molecule has 25 heavy (non-hydrogen) atoms. The molecule has 0 aliphatic carbocycles. The molecule has 124 valence electrons. The van der Waals surface area contributed by atoms with Gasteiger partial charge in [0.25, 0.3) is 0 Å². The van der Waals surface area contributed by atoms with Crippen molar-refractivity contribution in [1.82, 2.24) is 0 Å². The summed E-state index contributed by atoms with van der Waals surface area (Å²) in [7, 11) is 0. The Kier molecular flexibility index (Phi) is 4.49. The summed E-state index contributed by atoms with van der Waals surface area (Å²) in [6.07, 6.45) is 2.32. The molecular weight excluding hydrogens is 304 g/mol. The molecular formula is C24H22O. The van der Waals surface area contributed by atoms with Gasteiger partial charge in [-0.1, -0.05) is 84.9 Å². The lowest BCUT2D eigenvalue weighted by atomic mass is 9.95. The summed E-state index contributed by atoms with van der Waals surface area (Å²) in [5.74, 6) is 0. The first-order valence-electron chi connectivity index (χ1n) is 8.95. The molecule has 1 N–H and O–H groups in total. The van der Waals surface area contributed by atoms with E-state index in [1.54, 1.807) is 0 Å². The van der Waals surface area contributed by atoms with Gasteiger partial charge >= 0.3 is 0 Å². The second-order valence-corrected chi connectivity index (χ2v) is 6.61. The molecule has 1 nitrogen and oxygen atoms in total. The van der Waals surface area contributed by atoms with Crippen LogP contribution < -0.4 is 0 Å². The molecule has 0 fully saturated rings. The molecule has 1 heteroatoms. The quantitative estimate of drug-likeness (QED) is 0.473. The summed E-state index contributed by atoms with van der Waals surface area (Å²) in [5.41, 5.74) is 2.40. The molecule has 1 unspecified atom stereocenters. The molecule has 4 aromatic carbocycles. The van der Waals surface area contributed by atoms with Crippen molar-refractivity contribution in [3.8, 4) is 0 Å². The molecule has 0 heterocycles. The van der Waals surface area contributed by atoms with Gasteiger partial charge in [-0.2, -0.15) is 0 Å². The van der Waals surface area contributed by atoms with Crippen molar-refractivity contribution in [3.05, 3.63) is 96.1 Å². The summed E-state index contributed by atoms with van der Waals surface area (Å²) in [6, 6.07) is 29.4. The average Bonchev–Trinajstić information content (AvgIpc) is 2.67. The average molecular weight is 326 g/mol. The number of fused-ring (bicyclic) bond motifs is 2. The fraction of sp³-hybridized carbons (Fsp3) is 0.167. The summed E-state index contributed by atoms with van der Waals surface area (Å²) in [4.78, 5) is 0. The number of rotatable bonds is 5. The van der Waals surface area contributed by atoms with Crippen molar-refractivity contribution < 1.29 is 5.11 Å². The Morgan fingerprint density at radius 1 is 0.640 bits per heavy atom. The van der Waals surface area contributed by atoms with Crippen LogP contribution in [0.5, 0.6) is 0 Å². The highest BCUT2D eigenvalue weighted by Crippen LogP contribution is 2.28. The number of hydrogen-bond acceptors (Lipinski definition) is 1. The van der Waals surface area contributed by atoms with Crippen LogP contribution in [0.15, 0.2) is 84.9 Å². The third kappa shape index (κ3) is 3.29. The first kappa shape index (κ1) is 15.9. The molecule has 0 spiro atoms. The van der Waals surface area contributed by atoms with Crippen molar-refractivity contribution in [1.29, 1.82) is 0 Å². The van der Waals surface area contributed by atoms with E-state index in [2.05, 4.69) is 60.7 Å². The van der Waals surface area contributed by atoms with E-state index in [1.165, 1.54) is 21.7 Å². The van der Waals surface area contributed by atoms with Crippen molar-refractivity contribution in [2.75, 3.05) is 0 Å². The Hall–Kier alpha value is -2.64. The summed E-state index contributed by atoms with van der Waals surface area (Å²) >= 11 is 0. The Labute approximate surface area is 148 Å². The monoisotopic (exact) mass is 326 g/mol. The zero-order valence-corrected chi connectivity index (χ0v) is 14.2. The normalized spacial score (nSPS) is 12.5. The van der Waals surface area contributed by atoms with Gasteiger partial charge in [0, 0.05) is 0 Å². The molecule has 0 saturated heterocycles. The van der Waals surface area contributed by atoms with E-state index in [-0.39, 0.29) is 0 Å². The third-order valence-electron chi connectivity index (χ3n) is 4.99. The second-order valence-electron chi connectivity index (χ2n) is 6.61. The lowest BCUT2D eigenvalue weighted by molar-refractivity contribution is 0.166. The Morgan fingerprint density at radius 2 is 1.24 bits per heavy atom. The summed E-state index contributed by atoms with van der Waals surface area (Å²) in [5, 5.41) is 15.7. The van der Waals surface area contributed by atoms with E-state index in [0.717, 1.165) is 30.2 Å². The predicted octanol–water partition coefficient (Wildman–Crippen LogP) is 6.05. The van der Waals surface area contributed by atoms with Gasteiger partial charge in [0.2, 0.25) is 0 Å². The zero-order valence-electron chi connectivity index (χ0n) is 14.2. The van der Waals surface area contributed by atoms with Gasteiger partial charge in [-0.05, 0) is 51.9 Å². The minimum absolute atomic E-state index is 0.416. The smallest absolute Gasteiger partial charge is 0.0796 e. The molecule has 0 bridgehead atoms. The van der Waals surface area contributed by atoms with Gasteiger partial charge in [-0.15, -0.1) is 0 Å². The molecule has 1 atom stereocenters. The fourth-order valence-corrected chi connectivity index (χ4v) is 3.69. The highest BCUT2D eigenvalue weighted by molar-refractivity contribution is 5.86.